The fourth-order valence-electron chi connectivity index (χ4n) is 1.76. The quantitative estimate of drug-likeness (QED) is 0.535. The number of aliphatic hydroxyl groups is 1. The van der Waals surface area contributed by atoms with E-state index in [1.807, 2.05) is 0 Å². The van der Waals surface area contributed by atoms with Gasteiger partial charge in [-0.25, -0.2) is 22.0 Å². The first-order valence-electron chi connectivity index (χ1n) is 5.51. The van der Waals surface area contributed by atoms with Gasteiger partial charge in [-0.15, -0.1) is 0 Å². The van der Waals surface area contributed by atoms with E-state index in [0.717, 1.165) is 0 Å². The number of hydrogen-bond donors (Lipinski definition) is 1. The third-order valence-electron chi connectivity index (χ3n) is 2.73. The van der Waals surface area contributed by atoms with Crippen LogP contribution in [0.15, 0.2) is 24.5 Å². The predicted octanol–water partition coefficient (Wildman–Crippen LogP) is 3.05. The zero-order valence-electron chi connectivity index (χ0n) is 9.88. The van der Waals surface area contributed by atoms with Gasteiger partial charge in [0.1, 0.15) is 0 Å². The minimum atomic E-state index is -2.25. The van der Waals surface area contributed by atoms with Gasteiger partial charge < -0.3 is 5.11 Å². The number of aliphatic hydroxyl groups excluding tert-OH is 1. The van der Waals surface area contributed by atoms with E-state index in [1.54, 1.807) is 0 Å². The Hall–Kier alpha value is -2.02. The molecule has 2 rings (SSSR count). The van der Waals surface area contributed by atoms with E-state index >= 15 is 0 Å². The van der Waals surface area contributed by atoms with Gasteiger partial charge in [-0.3, -0.25) is 4.98 Å². The van der Waals surface area contributed by atoms with Crippen molar-refractivity contribution in [2.45, 2.75) is 12.5 Å². The van der Waals surface area contributed by atoms with Crippen LogP contribution in [0.25, 0.3) is 0 Å². The van der Waals surface area contributed by atoms with Gasteiger partial charge in [0.2, 0.25) is 5.82 Å². The van der Waals surface area contributed by atoms with E-state index in [-0.39, 0.29) is 6.42 Å². The topological polar surface area (TPSA) is 33.1 Å². The van der Waals surface area contributed by atoms with Crippen LogP contribution < -0.4 is 0 Å². The van der Waals surface area contributed by atoms with Gasteiger partial charge in [-0.1, -0.05) is 6.07 Å². The Morgan fingerprint density at radius 3 is 2.00 bits per heavy atom. The molecule has 0 aliphatic rings. The summed E-state index contributed by atoms with van der Waals surface area (Å²) in [6.07, 6.45) is 0.555. The maximum Gasteiger partial charge on any atom is 0.200 e. The molecular weight excluding hydrogens is 281 g/mol. The van der Waals surface area contributed by atoms with E-state index < -0.39 is 40.8 Å². The lowest BCUT2D eigenvalue weighted by molar-refractivity contribution is 0.163. The summed E-state index contributed by atoms with van der Waals surface area (Å²) < 4.78 is 65.8. The highest BCUT2D eigenvalue weighted by molar-refractivity contribution is 5.27. The van der Waals surface area contributed by atoms with Gasteiger partial charge in [0.05, 0.1) is 11.7 Å². The first-order valence-corrected chi connectivity index (χ1v) is 5.51. The van der Waals surface area contributed by atoms with E-state index in [1.165, 1.54) is 24.5 Å². The molecule has 0 fully saturated rings. The van der Waals surface area contributed by atoms with Crippen LogP contribution >= 0.6 is 0 Å². The van der Waals surface area contributed by atoms with E-state index in [0.29, 0.717) is 5.56 Å². The first-order chi connectivity index (χ1) is 9.43. The molecule has 0 bridgehead atoms. The lowest BCUT2D eigenvalue weighted by Crippen LogP contribution is -2.13. The second-order valence-corrected chi connectivity index (χ2v) is 4.06. The van der Waals surface area contributed by atoms with Crippen LogP contribution in [0, 0.1) is 29.1 Å². The van der Waals surface area contributed by atoms with Gasteiger partial charge in [-0.2, -0.15) is 0 Å². The molecule has 0 spiro atoms. The third kappa shape index (κ3) is 2.49. The van der Waals surface area contributed by atoms with Crippen molar-refractivity contribution in [2.24, 2.45) is 0 Å². The van der Waals surface area contributed by atoms with Crippen LogP contribution in [0.2, 0.25) is 0 Å². The van der Waals surface area contributed by atoms with Crippen molar-refractivity contribution in [3.63, 3.8) is 0 Å². The molecule has 7 heteroatoms. The Bertz CT molecular complexity index is 603. The Labute approximate surface area is 110 Å². The Morgan fingerprint density at radius 1 is 0.950 bits per heavy atom. The summed E-state index contributed by atoms with van der Waals surface area (Å²) in [4.78, 5) is 3.72. The molecule has 106 valence electrons. The van der Waals surface area contributed by atoms with Gasteiger partial charge in [0, 0.05) is 18.8 Å². The first kappa shape index (κ1) is 14.4. The van der Waals surface area contributed by atoms with E-state index in [9.17, 15) is 27.1 Å². The highest BCUT2D eigenvalue weighted by Crippen LogP contribution is 2.29. The molecule has 0 radical (unpaired) electrons. The van der Waals surface area contributed by atoms with Crippen LogP contribution in [0.5, 0.6) is 0 Å². The van der Waals surface area contributed by atoms with E-state index in [2.05, 4.69) is 4.98 Å². The lowest BCUT2D eigenvalue weighted by Gasteiger charge is -2.14. The molecule has 0 saturated carbocycles. The van der Waals surface area contributed by atoms with E-state index in [4.69, 9.17) is 0 Å². The summed E-state index contributed by atoms with van der Waals surface area (Å²) in [6, 6.07) is 3.02. The summed E-state index contributed by atoms with van der Waals surface area (Å²) >= 11 is 0. The number of pyridine rings is 1. The van der Waals surface area contributed by atoms with Crippen molar-refractivity contribution in [1.29, 1.82) is 0 Å². The van der Waals surface area contributed by atoms with Crippen molar-refractivity contribution in [2.75, 3.05) is 0 Å². The highest BCUT2D eigenvalue weighted by atomic mass is 19.2. The molecule has 0 aliphatic carbocycles. The van der Waals surface area contributed by atoms with Crippen molar-refractivity contribution >= 4 is 0 Å². The minimum Gasteiger partial charge on any atom is -0.388 e. The van der Waals surface area contributed by atoms with Gasteiger partial charge in [0.25, 0.3) is 0 Å². The van der Waals surface area contributed by atoms with Gasteiger partial charge in [-0.05, 0) is 11.6 Å². The van der Waals surface area contributed by atoms with Gasteiger partial charge >= 0.3 is 0 Å². The second kappa shape index (κ2) is 5.54. The van der Waals surface area contributed by atoms with Crippen LogP contribution in [0.1, 0.15) is 17.2 Å². The number of rotatable bonds is 3. The van der Waals surface area contributed by atoms with Crippen LogP contribution in [-0.2, 0) is 6.42 Å². The number of aromatic nitrogens is 1. The summed E-state index contributed by atoms with van der Waals surface area (Å²) in [5.74, 6) is -10.5. The molecular formula is C13H8F5NO. The zero-order chi connectivity index (χ0) is 14.9. The molecule has 0 aliphatic heterocycles. The fourth-order valence-corrected chi connectivity index (χ4v) is 1.76. The average molecular weight is 289 g/mol. The van der Waals surface area contributed by atoms with Crippen LogP contribution in [0.4, 0.5) is 22.0 Å². The zero-order valence-corrected chi connectivity index (χ0v) is 9.88. The summed E-state index contributed by atoms with van der Waals surface area (Å²) in [6.45, 7) is 0. The van der Waals surface area contributed by atoms with Crippen molar-refractivity contribution in [3.8, 4) is 0 Å². The molecule has 2 aromatic rings. The van der Waals surface area contributed by atoms with Crippen molar-refractivity contribution in [1.82, 2.24) is 4.98 Å². The molecule has 1 N–H and O–H groups in total. The largest absolute Gasteiger partial charge is 0.388 e. The summed E-state index contributed by atoms with van der Waals surface area (Å²) in [5, 5.41) is 9.71. The normalized spacial score (nSPS) is 12.5. The monoisotopic (exact) mass is 289 g/mol. The molecule has 0 amide bonds. The number of halogens is 5. The number of nitrogens with zero attached hydrogens (tertiary/aromatic N) is 1. The second-order valence-electron chi connectivity index (χ2n) is 4.06. The Balaban J connectivity index is 2.42. The lowest BCUT2D eigenvalue weighted by atomic mass is 10.0. The highest BCUT2D eigenvalue weighted by Gasteiger charge is 2.29. The van der Waals surface area contributed by atoms with Gasteiger partial charge in [0.15, 0.2) is 23.3 Å². The molecule has 20 heavy (non-hydrogen) atoms. The standard InChI is InChI=1S/C13H8F5NO/c14-9-8(10(15)12(17)13(18)11(9)16)7(20)4-6-2-1-3-19-5-6/h1-3,5,7,20H,4H2. The Kier molecular flexibility index (Phi) is 3.99. The van der Waals surface area contributed by atoms with Crippen molar-refractivity contribution < 1.29 is 27.1 Å². The summed E-state index contributed by atoms with van der Waals surface area (Å²) in [5.41, 5.74) is -0.853. The molecule has 1 unspecified atom stereocenters. The predicted molar refractivity (Wildman–Crippen MR) is 59.1 cm³/mol. The molecule has 1 atom stereocenters. The Morgan fingerprint density at radius 2 is 1.50 bits per heavy atom. The number of benzene rings is 1. The molecule has 1 heterocycles. The summed E-state index contributed by atoms with van der Waals surface area (Å²) in [7, 11) is 0. The molecule has 1 aromatic carbocycles. The molecule has 2 nitrogen and oxygen atoms in total. The molecule has 1 aromatic heterocycles. The minimum absolute atomic E-state index is 0.327. The SMILES string of the molecule is OC(Cc1cccnc1)c1c(F)c(F)c(F)c(F)c1F. The maximum absolute atomic E-state index is 13.5. The third-order valence-corrected chi connectivity index (χ3v) is 2.73. The maximum atomic E-state index is 13.5. The molecule has 0 saturated heterocycles. The average Bonchev–Trinajstić information content (AvgIpc) is 2.44. The fraction of sp³-hybridized carbons (Fsp3) is 0.154. The van der Waals surface area contributed by atoms with Crippen molar-refractivity contribution in [3.05, 3.63) is 64.7 Å². The van der Waals surface area contributed by atoms with Crippen LogP contribution in [0.3, 0.4) is 0 Å². The number of hydrogen-bond acceptors (Lipinski definition) is 2. The van der Waals surface area contributed by atoms with Crippen LogP contribution in [-0.4, -0.2) is 10.1 Å². The smallest absolute Gasteiger partial charge is 0.200 e.